The second kappa shape index (κ2) is 10.7. The molecule has 3 N–H and O–H groups in total. The third kappa shape index (κ3) is 5.91. The van der Waals surface area contributed by atoms with Crippen LogP contribution >= 0.6 is 0 Å². The van der Waals surface area contributed by atoms with Crippen LogP contribution in [-0.4, -0.2) is 41.5 Å². The van der Waals surface area contributed by atoms with Gasteiger partial charge < -0.3 is 16.0 Å². The van der Waals surface area contributed by atoms with Crippen LogP contribution < -0.4 is 11.1 Å². The Hall–Kier alpha value is -1.98. The highest BCUT2D eigenvalue weighted by Crippen LogP contribution is 2.15. The van der Waals surface area contributed by atoms with E-state index >= 15 is 0 Å². The van der Waals surface area contributed by atoms with Crippen molar-refractivity contribution in [2.24, 2.45) is 5.73 Å². The minimum Gasteiger partial charge on any atom is -0.323 e. The summed E-state index contributed by atoms with van der Waals surface area (Å²) in [6.07, 6.45) is 8.59. The number of likely N-dealkylation sites (tertiary alicyclic amines) is 1. The molecule has 0 aromatic carbocycles. The molecule has 0 saturated carbocycles. The summed E-state index contributed by atoms with van der Waals surface area (Å²) in [6, 6.07) is 1.28. The monoisotopic (exact) mass is 330 g/mol. The van der Waals surface area contributed by atoms with E-state index < -0.39 is 6.04 Å². The molecule has 0 radical (unpaired) electrons. The Balaban J connectivity index is 0.00000139. The number of hydrogen-bond donors (Lipinski definition) is 2. The standard InChI is InChI=1S/C17H24N4O.C2H6/c1-3-13-10-14(11-19-16(13)4-2)20-17(22)15(18)12-21-8-6-5-7-9-21;1-2/h3-4,10-11,15H,1-2,5-9,12,18H2,(H,20,22);1-2H3. The minimum atomic E-state index is -0.538. The molecule has 1 aromatic rings. The van der Waals surface area contributed by atoms with Crippen molar-refractivity contribution in [3.05, 3.63) is 36.7 Å². The topological polar surface area (TPSA) is 71.2 Å². The Morgan fingerprint density at radius 3 is 2.58 bits per heavy atom. The zero-order chi connectivity index (χ0) is 17.9. The van der Waals surface area contributed by atoms with Crippen molar-refractivity contribution >= 4 is 23.7 Å². The molecule has 5 heteroatoms. The van der Waals surface area contributed by atoms with Gasteiger partial charge in [0, 0.05) is 12.1 Å². The summed E-state index contributed by atoms with van der Waals surface area (Å²) in [4.78, 5) is 18.7. The predicted molar refractivity (Wildman–Crippen MR) is 103 cm³/mol. The second-order valence-corrected chi connectivity index (χ2v) is 5.56. The van der Waals surface area contributed by atoms with Gasteiger partial charge in [-0.05, 0) is 38.1 Å². The van der Waals surface area contributed by atoms with E-state index in [-0.39, 0.29) is 5.91 Å². The summed E-state index contributed by atoms with van der Waals surface area (Å²) < 4.78 is 0. The normalized spacial score (nSPS) is 15.6. The maximum atomic E-state index is 12.2. The smallest absolute Gasteiger partial charge is 0.242 e. The number of aromatic nitrogens is 1. The average Bonchev–Trinajstić information content (AvgIpc) is 2.64. The van der Waals surface area contributed by atoms with E-state index in [0.717, 1.165) is 24.3 Å². The highest BCUT2D eigenvalue weighted by Gasteiger charge is 2.19. The van der Waals surface area contributed by atoms with Gasteiger partial charge in [-0.25, -0.2) is 0 Å². The first-order valence-electron chi connectivity index (χ1n) is 8.67. The number of amides is 1. The van der Waals surface area contributed by atoms with Gasteiger partial charge in [0.2, 0.25) is 5.91 Å². The molecule has 1 atom stereocenters. The van der Waals surface area contributed by atoms with Gasteiger partial charge in [-0.3, -0.25) is 9.78 Å². The average molecular weight is 330 g/mol. The Kier molecular flexibility index (Phi) is 8.97. The summed E-state index contributed by atoms with van der Waals surface area (Å²) in [6.45, 7) is 14.1. The lowest BCUT2D eigenvalue weighted by Gasteiger charge is -2.28. The minimum absolute atomic E-state index is 0.186. The molecular formula is C19H30N4O. The largest absolute Gasteiger partial charge is 0.323 e. The number of pyridine rings is 1. The number of piperidine rings is 1. The van der Waals surface area contributed by atoms with Crippen LogP contribution in [0.3, 0.4) is 0 Å². The van der Waals surface area contributed by atoms with Gasteiger partial charge in [-0.1, -0.05) is 39.5 Å². The van der Waals surface area contributed by atoms with Crippen molar-refractivity contribution in [1.82, 2.24) is 9.88 Å². The van der Waals surface area contributed by atoms with Gasteiger partial charge in [0.15, 0.2) is 0 Å². The molecule has 1 aromatic heterocycles. The van der Waals surface area contributed by atoms with Crippen molar-refractivity contribution in [2.75, 3.05) is 25.0 Å². The van der Waals surface area contributed by atoms with Crippen LogP contribution in [0.2, 0.25) is 0 Å². The lowest BCUT2D eigenvalue weighted by molar-refractivity contribution is -0.117. The fourth-order valence-electron chi connectivity index (χ4n) is 2.63. The number of carbonyl (C=O) groups excluding carboxylic acids is 1. The van der Waals surface area contributed by atoms with Crippen LogP contribution in [-0.2, 0) is 4.79 Å². The number of hydrogen-bond acceptors (Lipinski definition) is 4. The molecule has 1 saturated heterocycles. The molecule has 1 aliphatic rings. The molecule has 132 valence electrons. The Morgan fingerprint density at radius 2 is 2.00 bits per heavy atom. The number of nitrogens with zero attached hydrogens (tertiary/aromatic N) is 2. The van der Waals surface area contributed by atoms with E-state index in [1.165, 1.54) is 19.3 Å². The molecule has 2 heterocycles. The fourth-order valence-corrected chi connectivity index (χ4v) is 2.63. The van der Waals surface area contributed by atoms with Crippen molar-refractivity contribution in [3.8, 4) is 0 Å². The van der Waals surface area contributed by atoms with E-state index in [0.29, 0.717) is 12.2 Å². The number of anilines is 1. The van der Waals surface area contributed by atoms with Crippen LogP contribution in [0.4, 0.5) is 5.69 Å². The SMILES string of the molecule is C=Cc1cc(NC(=O)C(N)CN2CCCCC2)cnc1C=C.CC. The third-order valence-corrected chi connectivity index (χ3v) is 3.87. The molecule has 1 aliphatic heterocycles. The molecule has 1 amide bonds. The molecule has 0 spiro atoms. The van der Waals surface area contributed by atoms with E-state index in [1.54, 1.807) is 18.3 Å². The van der Waals surface area contributed by atoms with Crippen LogP contribution in [0.15, 0.2) is 25.4 Å². The van der Waals surface area contributed by atoms with E-state index in [9.17, 15) is 4.79 Å². The maximum Gasteiger partial charge on any atom is 0.242 e. The van der Waals surface area contributed by atoms with Crippen molar-refractivity contribution in [1.29, 1.82) is 0 Å². The number of rotatable bonds is 6. The summed E-state index contributed by atoms with van der Waals surface area (Å²) in [7, 11) is 0. The van der Waals surface area contributed by atoms with Crippen LogP contribution in [0.1, 0.15) is 44.4 Å². The lowest BCUT2D eigenvalue weighted by Crippen LogP contribution is -2.46. The quantitative estimate of drug-likeness (QED) is 0.840. The molecule has 1 fully saturated rings. The zero-order valence-corrected chi connectivity index (χ0v) is 14.9. The third-order valence-electron chi connectivity index (χ3n) is 3.87. The fraction of sp³-hybridized carbons (Fsp3) is 0.474. The first kappa shape index (κ1) is 20.1. The van der Waals surface area contributed by atoms with Gasteiger partial charge in [-0.15, -0.1) is 0 Å². The highest BCUT2D eigenvalue weighted by molar-refractivity contribution is 5.95. The first-order chi connectivity index (χ1) is 11.6. The molecular weight excluding hydrogens is 300 g/mol. The molecule has 0 bridgehead atoms. The zero-order valence-electron chi connectivity index (χ0n) is 14.9. The molecule has 24 heavy (non-hydrogen) atoms. The van der Waals surface area contributed by atoms with Gasteiger partial charge >= 0.3 is 0 Å². The summed E-state index contributed by atoms with van der Waals surface area (Å²) in [5.41, 5.74) is 8.21. The highest BCUT2D eigenvalue weighted by atomic mass is 16.2. The predicted octanol–water partition coefficient (Wildman–Crippen LogP) is 3.15. The molecule has 5 nitrogen and oxygen atoms in total. The Labute approximate surface area is 145 Å². The number of carbonyl (C=O) groups is 1. The Morgan fingerprint density at radius 1 is 1.33 bits per heavy atom. The second-order valence-electron chi connectivity index (χ2n) is 5.56. The van der Waals surface area contributed by atoms with Crippen LogP contribution in [0.25, 0.3) is 12.2 Å². The van der Waals surface area contributed by atoms with Gasteiger partial charge in [0.25, 0.3) is 0 Å². The van der Waals surface area contributed by atoms with E-state index in [1.807, 2.05) is 19.9 Å². The Bertz CT molecular complexity index is 550. The van der Waals surface area contributed by atoms with Crippen molar-refractivity contribution < 1.29 is 4.79 Å². The van der Waals surface area contributed by atoms with Crippen LogP contribution in [0.5, 0.6) is 0 Å². The van der Waals surface area contributed by atoms with Gasteiger partial charge in [0.1, 0.15) is 0 Å². The molecule has 1 unspecified atom stereocenters. The molecule has 0 aliphatic carbocycles. The number of nitrogens with one attached hydrogen (secondary N) is 1. The number of nitrogens with two attached hydrogens (primary N) is 1. The van der Waals surface area contributed by atoms with E-state index in [2.05, 4.69) is 28.4 Å². The summed E-state index contributed by atoms with van der Waals surface area (Å²) in [5, 5.41) is 2.82. The van der Waals surface area contributed by atoms with Crippen LogP contribution in [0, 0.1) is 0 Å². The lowest BCUT2D eigenvalue weighted by atomic mass is 10.1. The van der Waals surface area contributed by atoms with Crippen molar-refractivity contribution in [3.63, 3.8) is 0 Å². The first-order valence-corrected chi connectivity index (χ1v) is 8.67. The van der Waals surface area contributed by atoms with Gasteiger partial charge in [-0.2, -0.15) is 0 Å². The maximum absolute atomic E-state index is 12.2. The molecule has 2 rings (SSSR count). The van der Waals surface area contributed by atoms with Gasteiger partial charge in [0.05, 0.1) is 23.6 Å². The van der Waals surface area contributed by atoms with Crippen molar-refractivity contribution in [2.45, 2.75) is 39.2 Å². The summed E-state index contributed by atoms with van der Waals surface area (Å²) >= 11 is 0. The summed E-state index contributed by atoms with van der Waals surface area (Å²) in [5.74, 6) is -0.186. The van der Waals surface area contributed by atoms with E-state index in [4.69, 9.17) is 5.73 Å².